The predicted octanol–water partition coefficient (Wildman–Crippen LogP) is 2.35. The molecule has 33 heavy (non-hydrogen) atoms. The Balaban J connectivity index is 1.29. The second-order valence-electron chi connectivity index (χ2n) is 8.28. The van der Waals surface area contributed by atoms with E-state index in [2.05, 4.69) is 11.0 Å². The van der Waals surface area contributed by atoms with Crippen molar-refractivity contribution in [3.8, 4) is 11.8 Å². The van der Waals surface area contributed by atoms with Gasteiger partial charge in [-0.25, -0.2) is 9.18 Å². The highest BCUT2D eigenvalue weighted by Crippen LogP contribution is 2.24. The molecule has 0 bridgehead atoms. The lowest BCUT2D eigenvalue weighted by Gasteiger charge is -2.35. The molecule has 1 amide bonds. The van der Waals surface area contributed by atoms with Crippen LogP contribution in [0.15, 0.2) is 30.3 Å². The molecule has 1 saturated heterocycles. The van der Waals surface area contributed by atoms with Crippen LogP contribution in [0.2, 0.25) is 0 Å². The Morgan fingerprint density at radius 2 is 2.00 bits per heavy atom. The van der Waals surface area contributed by atoms with E-state index >= 15 is 0 Å². The van der Waals surface area contributed by atoms with Crippen molar-refractivity contribution < 1.29 is 23.5 Å². The van der Waals surface area contributed by atoms with E-state index < -0.39 is 5.82 Å². The van der Waals surface area contributed by atoms with Crippen molar-refractivity contribution in [1.29, 1.82) is 5.26 Å². The maximum absolute atomic E-state index is 14.0. The van der Waals surface area contributed by atoms with Crippen LogP contribution in [0.1, 0.15) is 32.6 Å². The van der Waals surface area contributed by atoms with Gasteiger partial charge in [0.1, 0.15) is 17.6 Å². The van der Waals surface area contributed by atoms with E-state index in [1.54, 1.807) is 11.0 Å². The molecule has 7 nitrogen and oxygen atoms in total. The molecule has 4 rings (SSSR count). The van der Waals surface area contributed by atoms with Gasteiger partial charge in [0.2, 0.25) is 5.91 Å². The average molecular weight is 451 g/mol. The summed E-state index contributed by atoms with van der Waals surface area (Å²) in [7, 11) is 1.44. The normalized spacial score (nSPS) is 16.0. The molecular weight excluding hydrogens is 425 g/mol. The summed E-state index contributed by atoms with van der Waals surface area (Å²) < 4.78 is 24.3. The van der Waals surface area contributed by atoms with E-state index in [1.165, 1.54) is 24.8 Å². The van der Waals surface area contributed by atoms with E-state index in [1.807, 2.05) is 12.1 Å². The number of amides is 1. The number of halogens is 1. The van der Waals surface area contributed by atoms with Crippen molar-refractivity contribution in [2.24, 2.45) is 0 Å². The van der Waals surface area contributed by atoms with Crippen LogP contribution in [0.3, 0.4) is 0 Å². The van der Waals surface area contributed by atoms with Crippen LogP contribution in [-0.2, 0) is 28.8 Å². The lowest BCUT2D eigenvalue weighted by Crippen LogP contribution is -2.49. The summed E-state index contributed by atoms with van der Waals surface area (Å²) in [5, 5.41) is 8.98. The fraction of sp³-hybridized carbons (Fsp3) is 0.400. The third-order valence-corrected chi connectivity index (χ3v) is 6.27. The molecular formula is C25H26FN3O4. The molecule has 0 atom stereocenters. The first kappa shape index (κ1) is 22.7. The van der Waals surface area contributed by atoms with Gasteiger partial charge >= 0.3 is 5.97 Å². The fourth-order valence-electron chi connectivity index (χ4n) is 4.33. The molecule has 0 N–H and O–H groups in total. The van der Waals surface area contributed by atoms with E-state index in [0.29, 0.717) is 36.6 Å². The first-order chi connectivity index (χ1) is 16.0. The van der Waals surface area contributed by atoms with Crippen LogP contribution in [0, 0.1) is 17.1 Å². The van der Waals surface area contributed by atoms with Gasteiger partial charge in [-0.15, -0.1) is 0 Å². The van der Waals surface area contributed by atoms with Crippen molar-refractivity contribution >= 4 is 11.9 Å². The number of benzene rings is 2. The van der Waals surface area contributed by atoms with Gasteiger partial charge in [-0.1, -0.05) is 12.1 Å². The number of fused-ring (bicyclic) bond motifs is 1. The minimum atomic E-state index is -0.648. The molecule has 1 fully saturated rings. The second-order valence-corrected chi connectivity index (χ2v) is 8.28. The minimum Gasteiger partial charge on any atom is -0.496 e. The van der Waals surface area contributed by atoms with Crippen LogP contribution in [-0.4, -0.2) is 68.1 Å². The molecule has 0 saturated carbocycles. The van der Waals surface area contributed by atoms with Gasteiger partial charge in [0.05, 0.1) is 31.3 Å². The molecule has 0 aliphatic carbocycles. The number of esters is 1. The van der Waals surface area contributed by atoms with Gasteiger partial charge in [0, 0.05) is 50.8 Å². The molecule has 172 valence electrons. The standard InChI is InChI=1S/C25H26FN3O4/c1-32-23-14-20(16-27)22(26)13-19(23)15-24(30)29-9-7-28(8-10-29)6-4-17-2-3-21-18(12-17)5-11-33-25(21)31/h2-3,12-14H,4-11,15H2,1H3. The summed E-state index contributed by atoms with van der Waals surface area (Å²) in [4.78, 5) is 28.7. The van der Waals surface area contributed by atoms with E-state index in [0.717, 1.165) is 38.0 Å². The SMILES string of the molecule is COc1cc(C#N)c(F)cc1CC(=O)N1CCN(CCc2ccc3c(c2)CCOC3=O)CC1. The zero-order valence-corrected chi connectivity index (χ0v) is 18.6. The molecule has 8 heteroatoms. The second kappa shape index (κ2) is 10.0. The number of carbonyl (C=O) groups is 2. The van der Waals surface area contributed by atoms with E-state index in [-0.39, 0.29) is 23.9 Å². The van der Waals surface area contributed by atoms with Crippen molar-refractivity contribution in [3.63, 3.8) is 0 Å². The molecule has 2 aromatic carbocycles. The minimum absolute atomic E-state index is 0.0311. The summed E-state index contributed by atoms with van der Waals surface area (Å²) >= 11 is 0. The number of rotatable bonds is 6. The Morgan fingerprint density at radius 3 is 2.73 bits per heavy atom. The number of hydrogen-bond acceptors (Lipinski definition) is 6. The Labute approximate surface area is 192 Å². The van der Waals surface area contributed by atoms with Crippen LogP contribution >= 0.6 is 0 Å². The maximum Gasteiger partial charge on any atom is 0.338 e. The van der Waals surface area contributed by atoms with E-state index in [4.69, 9.17) is 14.7 Å². The molecule has 2 aliphatic heterocycles. The van der Waals surface area contributed by atoms with Gasteiger partial charge in [0.15, 0.2) is 0 Å². The van der Waals surface area contributed by atoms with Crippen LogP contribution in [0.5, 0.6) is 5.75 Å². The summed E-state index contributed by atoms with van der Waals surface area (Å²) in [5.41, 5.74) is 3.25. The quantitative estimate of drug-likeness (QED) is 0.627. The summed E-state index contributed by atoms with van der Waals surface area (Å²) in [5.74, 6) is -0.633. The topological polar surface area (TPSA) is 82.9 Å². The Kier molecular flexibility index (Phi) is 6.90. The Hall–Kier alpha value is -3.44. The van der Waals surface area contributed by atoms with Gasteiger partial charge in [0.25, 0.3) is 0 Å². The molecule has 0 spiro atoms. The van der Waals surface area contributed by atoms with Crippen LogP contribution in [0.4, 0.5) is 4.39 Å². The largest absolute Gasteiger partial charge is 0.496 e. The highest BCUT2D eigenvalue weighted by Gasteiger charge is 2.23. The molecule has 2 aromatic rings. The maximum atomic E-state index is 14.0. The van der Waals surface area contributed by atoms with Gasteiger partial charge < -0.3 is 14.4 Å². The summed E-state index contributed by atoms with van der Waals surface area (Å²) in [6.45, 7) is 4.06. The number of methoxy groups -OCH3 is 1. The fourth-order valence-corrected chi connectivity index (χ4v) is 4.33. The Morgan fingerprint density at radius 1 is 1.21 bits per heavy atom. The lowest BCUT2D eigenvalue weighted by molar-refractivity contribution is -0.132. The zero-order chi connectivity index (χ0) is 23.4. The Bertz CT molecular complexity index is 1100. The van der Waals surface area contributed by atoms with Gasteiger partial charge in [-0.2, -0.15) is 5.26 Å². The number of piperazine rings is 1. The first-order valence-electron chi connectivity index (χ1n) is 11.0. The van der Waals surface area contributed by atoms with Gasteiger partial charge in [-0.05, 0) is 29.7 Å². The number of carbonyl (C=O) groups excluding carboxylic acids is 2. The molecule has 0 aromatic heterocycles. The number of cyclic esters (lactones) is 1. The van der Waals surface area contributed by atoms with Crippen molar-refractivity contribution in [1.82, 2.24) is 9.80 Å². The molecule has 0 unspecified atom stereocenters. The third kappa shape index (κ3) is 5.15. The smallest absolute Gasteiger partial charge is 0.338 e. The lowest BCUT2D eigenvalue weighted by atomic mass is 9.98. The van der Waals surface area contributed by atoms with Crippen molar-refractivity contribution in [2.75, 3.05) is 46.4 Å². The van der Waals surface area contributed by atoms with Crippen molar-refractivity contribution in [2.45, 2.75) is 19.3 Å². The number of nitriles is 1. The predicted molar refractivity (Wildman–Crippen MR) is 119 cm³/mol. The first-order valence-corrected chi connectivity index (χ1v) is 11.0. The van der Waals surface area contributed by atoms with Gasteiger partial charge in [-0.3, -0.25) is 9.69 Å². The summed E-state index contributed by atoms with van der Waals surface area (Å²) in [6.07, 6.45) is 1.66. The van der Waals surface area contributed by atoms with Crippen LogP contribution < -0.4 is 4.74 Å². The molecule has 2 heterocycles. The number of nitrogens with zero attached hydrogens (tertiary/aromatic N) is 3. The number of ether oxygens (including phenoxy) is 2. The summed E-state index contributed by atoms with van der Waals surface area (Å²) in [6, 6.07) is 10.3. The van der Waals surface area contributed by atoms with Crippen LogP contribution in [0.25, 0.3) is 0 Å². The monoisotopic (exact) mass is 451 g/mol. The van der Waals surface area contributed by atoms with Crippen molar-refractivity contribution in [3.05, 3.63) is 64.0 Å². The highest BCUT2D eigenvalue weighted by molar-refractivity contribution is 5.92. The molecule has 2 aliphatic rings. The number of hydrogen-bond donors (Lipinski definition) is 0. The highest BCUT2D eigenvalue weighted by atomic mass is 19.1. The third-order valence-electron chi connectivity index (χ3n) is 6.27. The molecule has 0 radical (unpaired) electrons. The zero-order valence-electron chi connectivity index (χ0n) is 18.6. The average Bonchev–Trinajstić information content (AvgIpc) is 2.83. The van der Waals surface area contributed by atoms with E-state index in [9.17, 15) is 14.0 Å².